The van der Waals surface area contributed by atoms with Crippen molar-refractivity contribution in [1.29, 1.82) is 0 Å². The molecule has 2 heterocycles. The van der Waals surface area contributed by atoms with Crippen LogP contribution in [-0.4, -0.2) is 40.0 Å². The van der Waals surface area contributed by atoms with Crippen LogP contribution in [0.2, 0.25) is 0 Å². The van der Waals surface area contributed by atoms with E-state index in [-0.39, 0.29) is 17.6 Å². The number of alkyl halides is 3. The molecular weight excluding hydrogens is 359 g/mol. The number of rotatable bonds is 3. The lowest BCUT2D eigenvalue weighted by Gasteiger charge is -2.32. The van der Waals surface area contributed by atoms with Gasteiger partial charge in [-0.25, -0.2) is 4.98 Å². The first-order valence-electron chi connectivity index (χ1n) is 8.68. The van der Waals surface area contributed by atoms with Gasteiger partial charge in [0.25, 0.3) is 5.91 Å². The summed E-state index contributed by atoms with van der Waals surface area (Å²) in [5.41, 5.74) is 0.318. The van der Waals surface area contributed by atoms with Crippen molar-refractivity contribution in [2.45, 2.75) is 39.0 Å². The Bertz CT molecular complexity index is 794. The standard InChI is InChI=1S/C19H20F3N3O2/c1-12-11-17(24-13(2)23-12)27-16-7-9-25(10-8-16)18(26)14-3-5-15(6-4-14)19(20,21)22/h3-6,11,16H,7-10H2,1-2H3. The second-order valence-electron chi connectivity index (χ2n) is 6.58. The third-order valence-corrected chi connectivity index (χ3v) is 4.42. The van der Waals surface area contributed by atoms with E-state index in [1.54, 1.807) is 17.9 Å². The Labute approximate surface area is 155 Å². The molecule has 1 aromatic heterocycles. The summed E-state index contributed by atoms with van der Waals surface area (Å²) < 4.78 is 43.8. The lowest BCUT2D eigenvalue weighted by molar-refractivity contribution is -0.137. The number of ether oxygens (including phenoxy) is 1. The predicted molar refractivity (Wildman–Crippen MR) is 92.5 cm³/mol. The number of hydrogen-bond donors (Lipinski definition) is 0. The fourth-order valence-electron chi connectivity index (χ4n) is 3.08. The van der Waals surface area contributed by atoms with Crippen LogP contribution in [0.25, 0.3) is 0 Å². The highest BCUT2D eigenvalue weighted by Crippen LogP contribution is 2.29. The number of halogens is 3. The third kappa shape index (κ3) is 4.75. The van der Waals surface area contributed by atoms with E-state index in [1.165, 1.54) is 12.1 Å². The van der Waals surface area contributed by atoms with Crippen molar-refractivity contribution < 1.29 is 22.7 Å². The van der Waals surface area contributed by atoms with Crippen molar-refractivity contribution in [3.63, 3.8) is 0 Å². The summed E-state index contributed by atoms with van der Waals surface area (Å²) in [6.45, 7) is 4.62. The van der Waals surface area contributed by atoms with Crippen LogP contribution in [0.15, 0.2) is 30.3 Å². The fraction of sp³-hybridized carbons (Fsp3) is 0.421. The maximum atomic E-state index is 12.6. The van der Waals surface area contributed by atoms with Crippen LogP contribution in [0.1, 0.15) is 40.3 Å². The number of carbonyl (C=O) groups excluding carboxylic acids is 1. The van der Waals surface area contributed by atoms with Crippen molar-refractivity contribution in [3.05, 3.63) is 53.0 Å². The smallest absolute Gasteiger partial charge is 0.416 e. The maximum absolute atomic E-state index is 12.6. The summed E-state index contributed by atoms with van der Waals surface area (Å²) in [6, 6.07) is 6.08. The van der Waals surface area contributed by atoms with Crippen LogP contribution in [0.3, 0.4) is 0 Å². The van der Waals surface area contributed by atoms with E-state index in [0.717, 1.165) is 17.8 Å². The first-order valence-corrected chi connectivity index (χ1v) is 8.68. The maximum Gasteiger partial charge on any atom is 0.416 e. The van der Waals surface area contributed by atoms with E-state index in [2.05, 4.69) is 9.97 Å². The monoisotopic (exact) mass is 379 g/mol. The highest BCUT2D eigenvalue weighted by atomic mass is 19.4. The van der Waals surface area contributed by atoms with Gasteiger partial charge in [-0.2, -0.15) is 18.2 Å². The minimum Gasteiger partial charge on any atom is -0.474 e. The van der Waals surface area contributed by atoms with E-state index in [1.807, 2.05) is 6.92 Å². The van der Waals surface area contributed by atoms with E-state index >= 15 is 0 Å². The van der Waals surface area contributed by atoms with Crippen molar-refractivity contribution in [2.75, 3.05) is 13.1 Å². The van der Waals surface area contributed by atoms with E-state index < -0.39 is 11.7 Å². The summed E-state index contributed by atoms with van der Waals surface area (Å²) in [5.74, 6) is 0.892. The molecule has 2 aromatic rings. The minimum atomic E-state index is -4.41. The number of nitrogens with zero attached hydrogens (tertiary/aromatic N) is 3. The van der Waals surface area contributed by atoms with Gasteiger partial charge in [-0.1, -0.05) is 0 Å². The molecule has 144 valence electrons. The molecular formula is C19H20F3N3O2. The topological polar surface area (TPSA) is 55.3 Å². The Kier molecular flexibility index (Phi) is 5.34. The Hall–Kier alpha value is -2.64. The number of amides is 1. The number of aryl methyl sites for hydroxylation is 2. The molecule has 1 saturated heterocycles. The highest BCUT2D eigenvalue weighted by Gasteiger charge is 2.31. The summed E-state index contributed by atoms with van der Waals surface area (Å²) in [5, 5.41) is 0. The molecule has 0 radical (unpaired) electrons. The summed E-state index contributed by atoms with van der Waals surface area (Å²) in [4.78, 5) is 22.6. The molecule has 0 N–H and O–H groups in total. The first kappa shape index (κ1) is 19.1. The zero-order valence-corrected chi connectivity index (χ0v) is 15.1. The minimum absolute atomic E-state index is 0.0599. The van der Waals surface area contributed by atoms with Crippen LogP contribution >= 0.6 is 0 Å². The summed E-state index contributed by atoms with van der Waals surface area (Å²) in [7, 11) is 0. The zero-order chi connectivity index (χ0) is 19.6. The lowest BCUT2D eigenvalue weighted by atomic mass is 10.1. The molecule has 5 nitrogen and oxygen atoms in total. The predicted octanol–water partition coefficient (Wildman–Crippen LogP) is 3.80. The van der Waals surface area contributed by atoms with Crippen LogP contribution < -0.4 is 4.74 Å². The van der Waals surface area contributed by atoms with Gasteiger partial charge in [-0.3, -0.25) is 4.79 Å². The van der Waals surface area contributed by atoms with Crippen LogP contribution in [0.5, 0.6) is 5.88 Å². The normalized spacial score (nSPS) is 15.7. The molecule has 0 saturated carbocycles. The van der Waals surface area contributed by atoms with Crippen LogP contribution in [-0.2, 0) is 6.18 Å². The molecule has 1 aliphatic rings. The van der Waals surface area contributed by atoms with Gasteiger partial charge in [-0.15, -0.1) is 0 Å². The Morgan fingerprint density at radius 1 is 1.11 bits per heavy atom. The van der Waals surface area contributed by atoms with Gasteiger partial charge in [-0.05, 0) is 38.1 Å². The van der Waals surface area contributed by atoms with Gasteiger partial charge in [0.1, 0.15) is 11.9 Å². The lowest BCUT2D eigenvalue weighted by Crippen LogP contribution is -2.41. The van der Waals surface area contributed by atoms with Crippen molar-refractivity contribution >= 4 is 5.91 Å². The van der Waals surface area contributed by atoms with E-state index in [0.29, 0.717) is 37.6 Å². The van der Waals surface area contributed by atoms with E-state index in [4.69, 9.17) is 4.74 Å². The second kappa shape index (κ2) is 7.54. The molecule has 3 rings (SSSR count). The van der Waals surface area contributed by atoms with Crippen LogP contribution in [0.4, 0.5) is 13.2 Å². The van der Waals surface area contributed by atoms with Gasteiger partial charge in [0.05, 0.1) is 5.56 Å². The Balaban J connectivity index is 1.57. The summed E-state index contributed by atoms with van der Waals surface area (Å²) >= 11 is 0. The SMILES string of the molecule is Cc1cc(OC2CCN(C(=O)c3ccc(C(F)(F)F)cc3)CC2)nc(C)n1. The van der Waals surface area contributed by atoms with Gasteiger partial charge < -0.3 is 9.64 Å². The molecule has 0 bridgehead atoms. The molecule has 0 unspecified atom stereocenters. The fourth-order valence-corrected chi connectivity index (χ4v) is 3.08. The van der Waals surface area contributed by atoms with Gasteiger partial charge >= 0.3 is 6.18 Å². The molecule has 1 fully saturated rings. The highest BCUT2D eigenvalue weighted by molar-refractivity contribution is 5.94. The molecule has 27 heavy (non-hydrogen) atoms. The Morgan fingerprint density at radius 3 is 2.30 bits per heavy atom. The number of benzene rings is 1. The molecule has 8 heteroatoms. The first-order chi connectivity index (χ1) is 12.7. The second-order valence-corrected chi connectivity index (χ2v) is 6.58. The molecule has 0 aliphatic carbocycles. The number of likely N-dealkylation sites (tertiary alicyclic amines) is 1. The summed E-state index contributed by atoms with van der Waals surface area (Å²) in [6.07, 6.45) is -3.20. The number of piperidine rings is 1. The van der Waals surface area contributed by atoms with E-state index in [9.17, 15) is 18.0 Å². The zero-order valence-electron chi connectivity index (χ0n) is 15.1. The largest absolute Gasteiger partial charge is 0.474 e. The van der Waals surface area contributed by atoms with Gasteiger partial charge in [0.2, 0.25) is 5.88 Å². The Morgan fingerprint density at radius 2 is 1.74 bits per heavy atom. The molecule has 0 spiro atoms. The number of carbonyl (C=O) groups is 1. The van der Waals surface area contributed by atoms with Crippen molar-refractivity contribution in [2.24, 2.45) is 0 Å². The molecule has 0 atom stereocenters. The quantitative estimate of drug-likeness (QED) is 0.814. The van der Waals surface area contributed by atoms with Gasteiger partial charge in [0.15, 0.2) is 0 Å². The molecule has 1 aromatic carbocycles. The molecule has 1 amide bonds. The number of aromatic nitrogens is 2. The van der Waals surface area contributed by atoms with Gasteiger partial charge in [0, 0.05) is 43.3 Å². The average molecular weight is 379 g/mol. The number of hydrogen-bond acceptors (Lipinski definition) is 4. The van der Waals surface area contributed by atoms with Crippen molar-refractivity contribution in [1.82, 2.24) is 14.9 Å². The average Bonchev–Trinajstić information content (AvgIpc) is 2.60. The third-order valence-electron chi connectivity index (χ3n) is 4.42. The molecule has 1 aliphatic heterocycles. The van der Waals surface area contributed by atoms with Crippen LogP contribution in [0, 0.1) is 13.8 Å². The van der Waals surface area contributed by atoms with Crippen molar-refractivity contribution in [3.8, 4) is 5.88 Å².